The van der Waals surface area contributed by atoms with Gasteiger partial charge in [0.25, 0.3) is 0 Å². The number of amides is 2. The van der Waals surface area contributed by atoms with Crippen LogP contribution < -0.4 is 11.1 Å². The van der Waals surface area contributed by atoms with Crippen LogP contribution in [0.3, 0.4) is 0 Å². The summed E-state index contributed by atoms with van der Waals surface area (Å²) in [5, 5.41) is 3.05. The first-order valence-corrected chi connectivity index (χ1v) is 8.16. The van der Waals surface area contributed by atoms with Gasteiger partial charge in [-0.15, -0.1) is 0 Å². The number of carbonyl (C=O) groups is 3. The predicted octanol–water partition coefficient (Wildman–Crippen LogP) is 1.66. The molecule has 25 heavy (non-hydrogen) atoms. The third-order valence-corrected chi connectivity index (χ3v) is 4.30. The number of hydrogen-bond donors (Lipinski definition) is 2. The van der Waals surface area contributed by atoms with Crippen LogP contribution in [0, 0.1) is 0 Å². The van der Waals surface area contributed by atoms with Gasteiger partial charge in [0.15, 0.2) is 0 Å². The number of nitrogens with one attached hydrogen (secondary N) is 1. The molecule has 7 nitrogen and oxygen atoms in total. The highest BCUT2D eigenvalue weighted by molar-refractivity contribution is 5.88. The zero-order valence-electron chi connectivity index (χ0n) is 15.0. The lowest BCUT2D eigenvalue weighted by Gasteiger charge is -2.28. The van der Waals surface area contributed by atoms with Gasteiger partial charge in [-0.1, -0.05) is 18.2 Å². The predicted molar refractivity (Wildman–Crippen MR) is 94.3 cm³/mol. The van der Waals surface area contributed by atoms with Gasteiger partial charge >= 0.3 is 6.09 Å². The molecule has 0 saturated carbocycles. The van der Waals surface area contributed by atoms with Crippen molar-refractivity contribution in [3.63, 3.8) is 0 Å². The number of para-hydroxylation sites is 1. The van der Waals surface area contributed by atoms with E-state index in [0.29, 0.717) is 0 Å². The summed E-state index contributed by atoms with van der Waals surface area (Å²) in [5.41, 5.74) is 5.26. The van der Waals surface area contributed by atoms with Gasteiger partial charge in [0.1, 0.15) is 17.9 Å². The minimum atomic E-state index is -1.02. The molecule has 1 aliphatic heterocycles. The van der Waals surface area contributed by atoms with E-state index in [1.165, 1.54) is 4.90 Å². The van der Waals surface area contributed by atoms with Gasteiger partial charge < -0.3 is 20.6 Å². The van der Waals surface area contributed by atoms with Crippen molar-refractivity contribution >= 4 is 24.0 Å². The number of nitrogens with two attached hydrogens (primary N) is 1. The van der Waals surface area contributed by atoms with Gasteiger partial charge in [0.05, 0.1) is 5.41 Å². The minimum Gasteiger partial charge on any atom is -0.444 e. The van der Waals surface area contributed by atoms with Crippen molar-refractivity contribution in [3.8, 4) is 0 Å². The summed E-state index contributed by atoms with van der Waals surface area (Å²) in [4.78, 5) is 37.8. The quantitative estimate of drug-likeness (QED) is 0.807. The van der Waals surface area contributed by atoms with E-state index in [0.717, 1.165) is 17.5 Å². The van der Waals surface area contributed by atoms with E-state index in [1.807, 2.05) is 24.3 Å². The van der Waals surface area contributed by atoms with Crippen molar-refractivity contribution in [3.05, 3.63) is 29.8 Å². The lowest BCUT2D eigenvalue weighted by molar-refractivity contribution is -0.122. The average Bonchev–Trinajstić information content (AvgIpc) is 2.95. The van der Waals surface area contributed by atoms with Crippen molar-refractivity contribution in [2.75, 3.05) is 18.9 Å². The topological polar surface area (TPSA) is 102 Å². The first-order chi connectivity index (χ1) is 11.6. The molecule has 3 N–H and O–H groups in total. The molecule has 0 spiro atoms. The molecule has 136 valence electrons. The van der Waals surface area contributed by atoms with Gasteiger partial charge in [0, 0.05) is 19.3 Å². The van der Waals surface area contributed by atoms with E-state index in [9.17, 15) is 14.4 Å². The Morgan fingerprint density at radius 1 is 1.36 bits per heavy atom. The van der Waals surface area contributed by atoms with Gasteiger partial charge in [-0.2, -0.15) is 0 Å². The molecule has 1 saturated heterocycles. The number of primary amides is 1. The Labute approximate surface area is 147 Å². The Balaban J connectivity index is 2.44. The summed E-state index contributed by atoms with van der Waals surface area (Å²) in [6.07, 6.45) is 0.273. The molecule has 1 heterocycles. The molecule has 1 aliphatic rings. The standard InChI is InChI=1S/C18H25N3O4/c1-17(2,3)25-16(24)21-10-18(11-22,9-14(21)15(19)23)12-7-5-6-8-13(12)20-4/h5-8,11,14,20H,9-10H2,1-4H3,(H2,19,23)/t14-,18-/m0/s1. The van der Waals surface area contributed by atoms with E-state index in [-0.39, 0.29) is 13.0 Å². The summed E-state index contributed by atoms with van der Waals surface area (Å²) in [6.45, 7) is 5.26. The summed E-state index contributed by atoms with van der Waals surface area (Å²) >= 11 is 0. The minimum absolute atomic E-state index is 0.0394. The number of ether oxygens (including phenoxy) is 1. The monoisotopic (exact) mass is 347 g/mol. The summed E-state index contributed by atoms with van der Waals surface area (Å²) in [6, 6.07) is 6.42. The normalized spacial score (nSPS) is 23.2. The molecular weight excluding hydrogens is 322 g/mol. The number of hydrogen-bond acceptors (Lipinski definition) is 5. The van der Waals surface area contributed by atoms with Crippen molar-refractivity contribution in [2.24, 2.45) is 5.73 Å². The number of rotatable bonds is 4. The van der Waals surface area contributed by atoms with Gasteiger partial charge in [0.2, 0.25) is 5.91 Å². The Morgan fingerprint density at radius 3 is 2.52 bits per heavy atom. The first-order valence-electron chi connectivity index (χ1n) is 8.16. The van der Waals surface area contributed by atoms with Crippen LogP contribution in [0.25, 0.3) is 0 Å². The number of aldehydes is 1. The maximum atomic E-state index is 12.5. The summed E-state index contributed by atoms with van der Waals surface area (Å²) < 4.78 is 5.38. The molecule has 2 atom stereocenters. The van der Waals surface area contributed by atoms with Crippen LogP contribution >= 0.6 is 0 Å². The van der Waals surface area contributed by atoms with Crippen molar-refractivity contribution in [1.29, 1.82) is 0 Å². The van der Waals surface area contributed by atoms with Crippen molar-refractivity contribution in [2.45, 2.75) is 44.2 Å². The smallest absolute Gasteiger partial charge is 0.411 e. The SMILES string of the molecule is CNc1ccccc1[C@@]1(C=O)C[C@@H](C(N)=O)N(C(=O)OC(C)(C)C)C1. The summed E-state index contributed by atoms with van der Waals surface area (Å²) in [5.74, 6) is -0.656. The molecule has 0 aliphatic carbocycles. The molecule has 0 radical (unpaired) electrons. The van der Waals surface area contributed by atoms with E-state index in [4.69, 9.17) is 10.5 Å². The number of likely N-dealkylation sites (tertiary alicyclic amines) is 1. The molecule has 2 amide bonds. The number of carbonyl (C=O) groups excluding carboxylic acids is 3. The zero-order valence-corrected chi connectivity index (χ0v) is 15.0. The van der Waals surface area contributed by atoms with Crippen molar-refractivity contribution in [1.82, 2.24) is 4.90 Å². The molecule has 7 heteroatoms. The van der Waals surface area contributed by atoms with Gasteiger partial charge in [-0.05, 0) is 38.8 Å². The lowest BCUT2D eigenvalue weighted by atomic mass is 9.79. The second-order valence-corrected chi connectivity index (χ2v) is 7.30. The van der Waals surface area contributed by atoms with Crippen LogP contribution in [0.1, 0.15) is 32.8 Å². The molecule has 0 unspecified atom stereocenters. The van der Waals surface area contributed by atoms with E-state index >= 15 is 0 Å². The number of anilines is 1. The van der Waals surface area contributed by atoms with Crippen LogP contribution in [0.2, 0.25) is 0 Å². The largest absolute Gasteiger partial charge is 0.444 e. The van der Waals surface area contributed by atoms with E-state index < -0.39 is 29.1 Å². The Hall–Kier alpha value is -2.57. The number of nitrogens with zero attached hydrogens (tertiary/aromatic N) is 1. The maximum Gasteiger partial charge on any atom is 0.411 e. The second kappa shape index (κ2) is 6.74. The highest BCUT2D eigenvalue weighted by atomic mass is 16.6. The van der Waals surface area contributed by atoms with Crippen LogP contribution in [0.4, 0.5) is 10.5 Å². The van der Waals surface area contributed by atoms with Crippen LogP contribution in [-0.2, 0) is 19.7 Å². The van der Waals surface area contributed by atoms with Gasteiger partial charge in [-0.25, -0.2) is 4.79 Å². The molecule has 2 rings (SSSR count). The van der Waals surface area contributed by atoms with E-state index in [1.54, 1.807) is 27.8 Å². The highest BCUT2D eigenvalue weighted by Crippen LogP contribution is 2.40. The second-order valence-electron chi connectivity index (χ2n) is 7.30. The van der Waals surface area contributed by atoms with Crippen molar-refractivity contribution < 1.29 is 19.1 Å². The Morgan fingerprint density at radius 2 is 2.00 bits per heavy atom. The maximum absolute atomic E-state index is 12.5. The molecule has 0 aromatic heterocycles. The number of benzene rings is 1. The fraction of sp³-hybridized carbons (Fsp3) is 0.500. The molecule has 1 fully saturated rings. The third kappa shape index (κ3) is 3.75. The van der Waals surface area contributed by atoms with Crippen LogP contribution in [-0.4, -0.2) is 48.4 Å². The van der Waals surface area contributed by atoms with E-state index in [2.05, 4.69) is 5.32 Å². The Bertz CT molecular complexity index is 683. The fourth-order valence-corrected chi connectivity index (χ4v) is 3.18. The summed E-state index contributed by atoms with van der Waals surface area (Å²) in [7, 11) is 1.75. The lowest BCUT2D eigenvalue weighted by Crippen LogP contribution is -2.46. The average molecular weight is 347 g/mol. The van der Waals surface area contributed by atoms with Crippen LogP contribution in [0.15, 0.2) is 24.3 Å². The first kappa shape index (κ1) is 18.8. The Kier molecular flexibility index (Phi) is 5.06. The highest BCUT2D eigenvalue weighted by Gasteiger charge is 2.51. The zero-order chi connectivity index (χ0) is 18.8. The molecule has 1 aromatic rings. The molecule has 0 bridgehead atoms. The van der Waals surface area contributed by atoms with Crippen LogP contribution in [0.5, 0.6) is 0 Å². The van der Waals surface area contributed by atoms with Gasteiger partial charge in [-0.3, -0.25) is 9.69 Å². The molecular formula is C18H25N3O4. The molecule has 1 aromatic carbocycles. The fourth-order valence-electron chi connectivity index (χ4n) is 3.18. The third-order valence-electron chi connectivity index (χ3n) is 4.30.